The predicted octanol–water partition coefficient (Wildman–Crippen LogP) is 2.97. The SMILES string of the molecule is CC(C)(CCl)C(CC(Cl)CCl)OP(=O)(O)O. The van der Waals surface area contributed by atoms with Crippen LogP contribution in [0.2, 0.25) is 0 Å². The van der Waals surface area contributed by atoms with Gasteiger partial charge in [-0.25, -0.2) is 4.57 Å². The van der Waals surface area contributed by atoms with E-state index in [1.807, 2.05) is 0 Å². The van der Waals surface area contributed by atoms with Crippen molar-refractivity contribution in [1.82, 2.24) is 0 Å². The molecular weight excluding hydrogens is 297 g/mol. The molecule has 0 aromatic rings. The van der Waals surface area contributed by atoms with Crippen LogP contribution in [0.15, 0.2) is 0 Å². The molecule has 0 spiro atoms. The van der Waals surface area contributed by atoms with Crippen LogP contribution in [0.1, 0.15) is 20.3 Å². The van der Waals surface area contributed by atoms with Crippen LogP contribution in [0.3, 0.4) is 0 Å². The lowest BCUT2D eigenvalue weighted by atomic mass is 9.86. The summed E-state index contributed by atoms with van der Waals surface area (Å²) in [6.45, 7) is 3.50. The molecule has 0 radical (unpaired) electrons. The molecule has 0 fully saturated rings. The molecule has 0 aliphatic carbocycles. The first-order valence-electron chi connectivity index (χ1n) is 4.62. The fourth-order valence-corrected chi connectivity index (χ4v) is 2.21. The lowest BCUT2D eigenvalue weighted by molar-refractivity contribution is 0.0491. The molecule has 0 amide bonds. The summed E-state index contributed by atoms with van der Waals surface area (Å²) in [7, 11) is -4.56. The monoisotopic (exact) mass is 312 g/mol. The first kappa shape index (κ1) is 17.0. The Morgan fingerprint density at radius 1 is 1.38 bits per heavy atom. The molecule has 0 aromatic heterocycles. The van der Waals surface area contributed by atoms with Crippen LogP contribution in [-0.2, 0) is 9.09 Å². The van der Waals surface area contributed by atoms with Crippen molar-refractivity contribution in [3.63, 3.8) is 0 Å². The number of alkyl halides is 3. The molecule has 0 saturated carbocycles. The molecule has 0 aliphatic rings. The molecule has 0 aromatic carbocycles. The topological polar surface area (TPSA) is 66.8 Å². The van der Waals surface area contributed by atoms with E-state index in [1.54, 1.807) is 13.8 Å². The summed E-state index contributed by atoms with van der Waals surface area (Å²) >= 11 is 17.1. The molecule has 2 unspecified atom stereocenters. The van der Waals surface area contributed by atoms with Crippen molar-refractivity contribution in [2.24, 2.45) is 5.41 Å². The number of hydrogen-bond donors (Lipinski definition) is 2. The van der Waals surface area contributed by atoms with E-state index in [2.05, 4.69) is 0 Å². The van der Waals surface area contributed by atoms with E-state index < -0.39 is 24.7 Å². The molecule has 2 atom stereocenters. The Bertz CT molecular complexity index is 256. The summed E-state index contributed by atoms with van der Waals surface area (Å²) in [5.41, 5.74) is -0.595. The Morgan fingerprint density at radius 2 is 1.88 bits per heavy atom. The van der Waals surface area contributed by atoms with E-state index in [9.17, 15) is 4.57 Å². The third-order valence-electron chi connectivity index (χ3n) is 2.12. The molecule has 0 saturated heterocycles. The van der Waals surface area contributed by atoms with Crippen molar-refractivity contribution >= 4 is 42.6 Å². The van der Waals surface area contributed by atoms with E-state index in [1.165, 1.54) is 0 Å². The number of hydrogen-bond acceptors (Lipinski definition) is 2. The fraction of sp³-hybridized carbons (Fsp3) is 1.00. The van der Waals surface area contributed by atoms with Crippen molar-refractivity contribution < 1.29 is 18.9 Å². The fourth-order valence-electron chi connectivity index (χ4n) is 1.05. The Morgan fingerprint density at radius 3 is 2.19 bits per heavy atom. The molecule has 8 heteroatoms. The van der Waals surface area contributed by atoms with Gasteiger partial charge in [-0.3, -0.25) is 4.52 Å². The van der Waals surface area contributed by atoms with Gasteiger partial charge in [-0.15, -0.1) is 34.8 Å². The number of phosphoric ester groups is 1. The second-order valence-electron chi connectivity index (χ2n) is 4.19. The highest BCUT2D eigenvalue weighted by Crippen LogP contribution is 2.44. The second-order valence-corrected chi connectivity index (χ2v) is 6.58. The van der Waals surface area contributed by atoms with Gasteiger partial charge in [0.25, 0.3) is 0 Å². The maximum Gasteiger partial charge on any atom is 0.469 e. The minimum absolute atomic E-state index is 0.181. The van der Waals surface area contributed by atoms with E-state index in [0.717, 1.165) is 0 Å². The van der Waals surface area contributed by atoms with Gasteiger partial charge < -0.3 is 9.79 Å². The van der Waals surface area contributed by atoms with Crippen LogP contribution in [0.4, 0.5) is 0 Å². The zero-order valence-corrected chi connectivity index (χ0v) is 12.2. The third-order valence-corrected chi connectivity index (χ3v) is 4.20. The van der Waals surface area contributed by atoms with E-state index in [4.69, 9.17) is 49.1 Å². The minimum atomic E-state index is -4.56. The van der Waals surface area contributed by atoms with Crippen molar-refractivity contribution in [3.8, 4) is 0 Å². The maximum absolute atomic E-state index is 10.8. The summed E-state index contributed by atoms with van der Waals surface area (Å²) in [6, 6.07) is 0. The first-order valence-corrected chi connectivity index (χ1v) is 7.66. The largest absolute Gasteiger partial charge is 0.469 e. The van der Waals surface area contributed by atoms with Gasteiger partial charge in [-0.1, -0.05) is 13.8 Å². The van der Waals surface area contributed by atoms with Gasteiger partial charge in [-0.2, -0.15) is 0 Å². The Hall–Kier alpha value is 0.980. The van der Waals surface area contributed by atoms with Gasteiger partial charge in [0.1, 0.15) is 0 Å². The highest BCUT2D eigenvalue weighted by molar-refractivity contribution is 7.46. The standard InChI is InChI=1S/C8H16Cl3O4P/c1-8(2,5-10)7(3-6(11)4-9)15-16(12,13)14/h6-7H,3-5H2,1-2H3,(H2,12,13,14). The molecule has 4 nitrogen and oxygen atoms in total. The molecule has 2 N–H and O–H groups in total. The van der Waals surface area contributed by atoms with Crippen molar-refractivity contribution in [1.29, 1.82) is 0 Å². The Kier molecular flexibility index (Phi) is 7.21. The predicted molar refractivity (Wildman–Crippen MR) is 66.4 cm³/mol. The Balaban J connectivity index is 4.71. The zero-order valence-electron chi connectivity index (χ0n) is 9.07. The minimum Gasteiger partial charge on any atom is -0.303 e. The van der Waals surface area contributed by atoms with Gasteiger partial charge in [0.2, 0.25) is 0 Å². The molecule has 0 heterocycles. The van der Waals surface area contributed by atoms with Crippen LogP contribution < -0.4 is 0 Å². The van der Waals surface area contributed by atoms with Gasteiger partial charge in [0.15, 0.2) is 0 Å². The van der Waals surface area contributed by atoms with E-state index in [0.29, 0.717) is 0 Å². The zero-order chi connectivity index (χ0) is 13.0. The summed E-state index contributed by atoms with van der Waals surface area (Å²) in [6.07, 6.45) is -0.511. The molecule has 0 bridgehead atoms. The van der Waals surface area contributed by atoms with Gasteiger partial charge in [0, 0.05) is 22.6 Å². The maximum atomic E-state index is 10.8. The number of phosphoric acid groups is 1. The average Bonchev–Trinajstić information content (AvgIpc) is 2.14. The van der Waals surface area contributed by atoms with Crippen molar-refractivity contribution in [2.75, 3.05) is 11.8 Å². The van der Waals surface area contributed by atoms with Gasteiger partial charge in [0.05, 0.1) is 6.10 Å². The molecule has 0 rings (SSSR count). The summed E-state index contributed by atoms with van der Waals surface area (Å²) in [5.74, 6) is 0.379. The van der Waals surface area contributed by atoms with Gasteiger partial charge in [-0.05, 0) is 6.42 Å². The van der Waals surface area contributed by atoms with Crippen LogP contribution in [0.5, 0.6) is 0 Å². The average molecular weight is 314 g/mol. The highest BCUT2D eigenvalue weighted by atomic mass is 35.5. The van der Waals surface area contributed by atoms with E-state index >= 15 is 0 Å². The molecular formula is C8H16Cl3O4P. The normalized spacial score (nSPS) is 17.2. The molecule has 16 heavy (non-hydrogen) atoms. The lowest BCUT2D eigenvalue weighted by Crippen LogP contribution is -2.35. The summed E-state index contributed by atoms with van der Waals surface area (Å²) < 4.78 is 15.5. The van der Waals surface area contributed by atoms with Gasteiger partial charge >= 0.3 is 7.82 Å². The Labute approximate surface area is 110 Å². The van der Waals surface area contributed by atoms with E-state index in [-0.39, 0.29) is 18.2 Å². The summed E-state index contributed by atoms with van der Waals surface area (Å²) in [5, 5.41) is -0.416. The number of halogens is 3. The van der Waals surface area contributed by atoms with Crippen molar-refractivity contribution in [2.45, 2.75) is 31.7 Å². The van der Waals surface area contributed by atoms with Crippen LogP contribution >= 0.6 is 42.6 Å². The smallest absolute Gasteiger partial charge is 0.303 e. The molecule has 0 aliphatic heterocycles. The van der Waals surface area contributed by atoms with Crippen LogP contribution in [0.25, 0.3) is 0 Å². The second kappa shape index (κ2) is 6.79. The highest BCUT2D eigenvalue weighted by Gasteiger charge is 2.36. The van der Waals surface area contributed by atoms with Crippen molar-refractivity contribution in [3.05, 3.63) is 0 Å². The number of rotatable bonds is 7. The lowest BCUT2D eigenvalue weighted by Gasteiger charge is -2.33. The third kappa shape index (κ3) is 6.65. The van der Waals surface area contributed by atoms with Crippen LogP contribution in [0, 0.1) is 5.41 Å². The van der Waals surface area contributed by atoms with Crippen LogP contribution in [-0.4, -0.2) is 33.0 Å². The quantitative estimate of drug-likeness (QED) is 0.560. The summed E-state index contributed by atoms with van der Waals surface area (Å²) in [4.78, 5) is 17.6. The first-order chi connectivity index (χ1) is 7.12. The molecule has 98 valence electrons.